The molecule has 1 saturated heterocycles. The topological polar surface area (TPSA) is 87.2 Å². The maximum atomic E-state index is 14.1. The lowest BCUT2D eigenvalue weighted by molar-refractivity contribution is 0.277. The van der Waals surface area contributed by atoms with Crippen molar-refractivity contribution >= 4 is 23.5 Å². The third-order valence-corrected chi connectivity index (χ3v) is 5.74. The lowest BCUT2D eigenvalue weighted by atomic mass is 10.2. The molecule has 2 aromatic carbocycles. The van der Waals surface area contributed by atoms with Crippen molar-refractivity contribution in [1.82, 2.24) is 19.9 Å². The Balaban J connectivity index is 1.52. The minimum absolute atomic E-state index is 0.181. The number of hydrogen-bond acceptors (Lipinski definition) is 8. The molecule has 1 aliphatic rings. The maximum Gasteiger partial charge on any atom is 0.233 e. The van der Waals surface area contributed by atoms with Crippen LogP contribution in [0, 0.1) is 5.82 Å². The summed E-state index contributed by atoms with van der Waals surface area (Å²) >= 11 is 0. The highest BCUT2D eigenvalue weighted by molar-refractivity contribution is 5.57. The summed E-state index contributed by atoms with van der Waals surface area (Å²) in [6.07, 6.45) is 2.36. The minimum atomic E-state index is -0.460. The first-order valence-electron chi connectivity index (χ1n) is 11.3. The van der Waals surface area contributed by atoms with Gasteiger partial charge in [0.25, 0.3) is 0 Å². The van der Waals surface area contributed by atoms with Crippen LogP contribution in [0.25, 0.3) is 0 Å². The molecule has 0 aliphatic carbocycles. The van der Waals surface area contributed by atoms with Gasteiger partial charge in [0, 0.05) is 30.9 Å². The number of likely N-dealkylation sites (tertiary alicyclic amines) is 1. The number of likely N-dealkylation sites (N-methyl/N-ethyl adjacent to an activating group) is 1. The van der Waals surface area contributed by atoms with Gasteiger partial charge < -0.3 is 20.7 Å². The fraction of sp³-hybridized carbons (Fsp3) is 0.375. The zero-order chi connectivity index (χ0) is 23.0. The second kappa shape index (κ2) is 10.9. The summed E-state index contributed by atoms with van der Waals surface area (Å²) in [5.74, 6) is 0.956. The molecular formula is C24H30FN7O. The molecule has 0 bridgehead atoms. The summed E-state index contributed by atoms with van der Waals surface area (Å²) in [6, 6.07) is 15.1. The van der Waals surface area contributed by atoms with E-state index in [1.165, 1.54) is 19.6 Å². The van der Waals surface area contributed by atoms with Crippen LogP contribution in [0.1, 0.15) is 25.3 Å². The number of halogens is 1. The largest absolute Gasteiger partial charge is 0.494 e. The molecule has 3 N–H and O–H groups in total. The van der Waals surface area contributed by atoms with Crippen LogP contribution >= 0.6 is 0 Å². The number of nitrogens with zero attached hydrogens (tertiary/aromatic N) is 4. The summed E-state index contributed by atoms with van der Waals surface area (Å²) in [5, 5.41) is 9.70. The van der Waals surface area contributed by atoms with Crippen molar-refractivity contribution in [3.05, 3.63) is 59.9 Å². The third kappa shape index (κ3) is 6.07. The Morgan fingerprint density at radius 3 is 2.52 bits per heavy atom. The van der Waals surface area contributed by atoms with Crippen LogP contribution < -0.4 is 20.7 Å². The summed E-state index contributed by atoms with van der Waals surface area (Å²) in [5.41, 5.74) is 1.64. The number of ether oxygens (including phenoxy) is 1. The van der Waals surface area contributed by atoms with E-state index in [2.05, 4.69) is 42.7 Å². The van der Waals surface area contributed by atoms with Gasteiger partial charge in [-0.3, -0.25) is 4.90 Å². The zero-order valence-electron chi connectivity index (χ0n) is 19.0. The van der Waals surface area contributed by atoms with Gasteiger partial charge in [-0.05, 0) is 43.6 Å². The second-order valence-corrected chi connectivity index (χ2v) is 7.93. The van der Waals surface area contributed by atoms with Crippen LogP contribution in [-0.4, -0.2) is 52.6 Å². The van der Waals surface area contributed by atoms with Crippen LogP contribution in [0.3, 0.4) is 0 Å². The van der Waals surface area contributed by atoms with Gasteiger partial charge in [-0.1, -0.05) is 37.3 Å². The van der Waals surface area contributed by atoms with Crippen molar-refractivity contribution < 1.29 is 9.13 Å². The van der Waals surface area contributed by atoms with Gasteiger partial charge in [-0.25, -0.2) is 4.39 Å². The molecular weight excluding hydrogens is 421 g/mol. The van der Waals surface area contributed by atoms with Crippen LogP contribution in [0.4, 0.5) is 27.9 Å². The predicted octanol–water partition coefficient (Wildman–Crippen LogP) is 4.27. The second-order valence-electron chi connectivity index (χ2n) is 7.93. The van der Waals surface area contributed by atoms with E-state index in [9.17, 15) is 4.39 Å². The van der Waals surface area contributed by atoms with E-state index in [1.54, 1.807) is 12.1 Å². The van der Waals surface area contributed by atoms with Crippen molar-refractivity contribution in [2.75, 3.05) is 42.7 Å². The van der Waals surface area contributed by atoms with Crippen molar-refractivity contribution in [3.8, 4) is 5.75 Å². The lowest BCUT2D eigenvalue weighted by Crippen LogP contribution is -2.35. The van der Waals surface area contributed by atoms with E-state index in [0.717, 1.165) is 31.6 Å². The summed E-state index contributed by atoms with van der Waals surface area (Å²) < 4.78 is 19.1. The number of anilines is 4. The molecule has 1 aromatic heterocycles. The van der Waals surface area contributed by atoms with E-state index in [-0.39, 0.29) is 5.75 Å². The maximum absolute atomic E-state index is 14.1. The fourth-order valence-electron chi connectivity index (χ4n) is 3.99. The Labute approximate surface area is 193 Å². The Morgan fingerprint density at radius 2 is 1.79 bits per heavy atom. The molecule has 1 atom stereocenters. The van der Waals surface area contributed by atoms with E-state index in [4.69, 9.17) is 4.74 Å². The molecule has 0 saturated carbocycles. The van der Waals surface area contributed by atoms with Gasteiger partial charge in [0.05, 0.1) is 7.11 Å². The first-order chi connectivity index (χ1) is 16.1. The van der Waals surface area contributed by atoms with Gasteiger partial charge in [-0.2, -0.15) is 15.0 Å². The molecule has 1 aliphatic heterocycles. The number of nitrogens with one attached hydrogen (secondary N) is 3. The Morgan fingerprint density at radius 1 is 1.03 bits per heavy atom. The fourth-order valence-corrected chi connectivity index (χ4v) is 3.99. The predicted molar refractivity (Wildman–Crippen MR) is 129 cm³/mol. The molecule has 174 valence electrons. The first kappa shape index (κ1) is 22.7. The van der Waals surface area contributed by atoms with Crippen LogP contribution in [0.5, 0.6) is 5.75 Å². The molecule has 2 heterocycles. The molecule has 3 aromatic rings. The molecule has 0 amide bonds. The first-order valence-corrected chi connectivity index (χ1v) is 11.3. The average Bonchev–Trinajstić information content (AvgIpc) is 3.30. The van der Waals surface area contributed by atoms with Crippen LogP contribution in [0.15, 0.2) is 48.5 Å². The molecule has 8 nitrogen and oxygen atoms in total. The van der Waals surface area contributed by atoms with E-state index >= 15 is 0 Å². The van der Waals surface area contributed by atoms with Crippen molar-refractivity contribution in [1.29, 1.82) is 0 Å². The molecule has 1 unspecified atom stereocenters. The SMILES string of the molecule is CCN1CCCC1CNc1nc(NCc2ccccc2)nc(Nc2ccc(OC)c(F)c2)n1. The summed E-state index contributed by atoms with van der Waals surface area (Å²) in [6.45, 7) is 5.67. The van der Waals surface area contributed by atoms with Crippen LogP contribution in [0.2, 0.25) is 0 Å². The Kier molecular flexibility index (Phi) is 7.51. The van der Waals surface area contributed by atoms with E-state index in [1.807, 2.05) is 30.3 Å². The standard InChI is InChI=1S/C24H30FN7O/c1-3-32-13-7-10-19(32)16-27-23-29-22(26-15-17-8-5-4-6-9-17)30-24(31-23)28-18-11-12-21(33-2)20(25)14-18/h4-6,8-9,11-12,14,19H,3,7,10,13,15-16H2,1-2H3,(H3,26,27,28,29,30,31). The number of aromatic nitrogens is 3. The molecule has 33 heavy (non-hydrogen) atoms. The van der Waals surface area contributed by atoms with Gasteiger partial charge in [0.2, 0.25) is 17.8 Å². The molecule has 4 rings (SSSR count). The van der Waals surface area contributed by atoms with Crippen LogP contribution in [-0.2, 0) is 6.54 Å². The Hall–Kier alpha value is -3.46. The van der Waals surface area contributed by atoms with E-state index in [0.29, 0.717) is 36.1 Å². The lowest BCUT2D eigenvalue weighted by Gasteiger charge is -2.23. The number of methoxy groups -OCH3 is 1. The molecule has 0 radical (unpaired) electrons. The van der Waals surface area contributed by atoms with E-state index < -0.39 is 5.82 Å². The smallest absolute Gasteiger partial charge is 0.233 e. The highest BCUT2D eigenvalue weighted by Crippen LogP contribution is 2.23. The minimum Gasteiger partial charge on any atom is -0.494 e. The monoisotopic (exact) mass is 451 g/mol. The Bertz CT molecular complexity index is 1050. The highest BCUT2D eigenvalue weighted by Gasteiger charge is 2.23. The normalized spacial score (nSPS) is 15.9. The molecule has 9 heteroatoms. The number of benzene rings is 2. The van der Waals surface area contributed by atoms with Gasteiger partial charge in [0.15, 0.2) is 11.6 Å². The highest BCUT2D eigenvalue weighted by atomic mass is 19.1. The summed E-state index contributed by atoms with van der Waals surface area (Å²) in [4.78, 5) is 16.0. The zero-order valence-corrected chi connectivity index (χ0v) is 19.0. The van der Waals surface area contributed by atoms with Gasteiger partial charge >= 0.3 is 0 Å². The number of hydrogen-bond donors (Lipinski definition) is 3. The number of rotatable bonds is 10. The quantitative estimate of drug-likeness (QED) is 0.421. The van der Waals surface area contributed by atoms with Crippen molar-refractivity contribution in [3.63, 3.8) is 0 Å². The average molecular weight is 452 g/mol. The van der Waals surface area contributed by atoms with Gasteiger partial charge in [0.1, 0.15) is 0 Å². The van der Waals surface area contributed by atoms with Gasteiger partial charge in [-0.15, -0.1) is 0 Å². The van der Waals surface area contributed by atoms with Crippen molar-refractivity contribution in [2.24, 2.45) is 0 Å². The third-order valence-electron chi connectivity index (χ3n) is 5.74. The molecule has 0 spiro atoms. The summed E-state index contributed by atoms with van der Waals surface area (Å²) in [7, 11) is 1.43. The van der Waals surface area contributed by atoms with Crippen molar-refractivity contribution in [2.45, 2.75) is 32.4 Å². The molecule has 1 fully saturated rings.